The molecule has 1 aromatic carbocycles. The van der Waals surface area contributed by atoms with Crippen LogP contribution in [0.1, 0.15) is 46.6 Å². The topological polar surface area (TPSA) is 83.1 Å². The van der Waals surface area contributed by atoms with Gasteiger partial charge in [-0.1, -0.05) is 12.1 Å². The molecule has 3 N–H and O–H groups in total. The second-order valence-electron chi connectivity index (χ2n) is 5.71. The summed E-state index contributed by atoms with van der Waals surface area (Å²) in [5.74, 6) is 0.354. The van der Waals surface area contributed by atoms with Crippen LogP contribution in [0.3, 0.4) is 0 Å². The van der Waals surface area contributed by atoms with Gasteiger partial charge < -0.3 is 16.0 Å². The summed E-state index contributed by atoms with van der Waals surface area (Å²) in [6, 6.07) is 7.26. The van der Waals surface area contributed by atoms with Gasteiger partial charge in [0.2, 0.25) is 0 Å². The van der Waals surface area contributed by atoms with Gasteiger partial charge in [-0.25, -0.2) is 9.78 Å². The number of carbonyl (C=O) groups excluding carboxylic acids is 2. The molecular formula is C17H20N4O2S. The summed E-state index contributed by atoms with van der Waals surface area (Å²) in [5, 5.41) is 8.35. The number of benzene rings is 1. The van der Waals surface area contributed by atoms with E-state index >= 15 is 0 Å². The number of urea groups is 1. The van der Waals surface area contributed by atoms with E-state index in [0.29, 0.717) is 23.9 Å². The normalized spacial score (nSPS) is 13.4. The van der Waals surface area contributed by atoms with Crippen molar-refractivity contribution in [3.8, 4) is 0 Å². The van der Waals surface area contributed by atoms with Crippen LogP contribution in [0.15, 0.2) is 29.8 Å². The Balaban J connectivity index is 1.56. The number of nitrogens with zero attached hydrogens (tertiary/aromatic N) is 1. The fourth-order valence-electron chi connectivity index (χ4n) is 2.37. The Bertz CT molecular complexity index is 722. The molecule has 6 nitrogen and oxygen atoms in total. The predicted octanol–water partition coefficient (Wildman–Crippen LogP) is 3.09. The fraction of sp³-hybridized carbons (Fsp3) is 0.353. The standard InChI is InChI=1S/C17H20N4O2S/c1-2-18-17(23)19-9-11-3-7-13(8-4-11)21-16(22)15-14(12-5-6-12)20-10-24-15/h3-4,7-8,10,12H,2,5-6,9H2,1H3,(H,21,22)(H2,18,19,23). The maximum absolute atomic E-state index is 12.4. The average Bonchev–Trinajstić information content (AvgIpc) is 3.31. The Labute approximate surface area is 144 Å². The third-order valence-corrected chi connectivity index (χ3v) is 4.61. The lowest BCUT2D eigenvalue weighted by molar-refractivity contribution is 0.102. The van der Waals surface area contributed by atoms with Gasteiger partial charge in [-0.2, -0.15) is 0 Å². The zero-order chi connectivity index (χ0) is 16.9. The lowest BCUT2D eigenvalue weighted by Crippen LogP contribution is -2.34. The number of rotatable bonds is 6. The van der Waals surface area contributed by atoms with Crippen molar-refractivity contribution in [2.45, 2.75) is 32.2 Å². The zero-order valence-electron chi connectivity index (χ0n) is 13.5. The smallest absolute Gasteiger partial charge is 0.315 e. The minimum absolute atomic E-state index is 0.104. The summed E-state index contributed by atoms with van der Waals surface area (Å²) >= 11 is 1.39. The van der Waals surface area contributed by atoms with Crippen molar-refractivity contribution in [2.75, 3.05) is 11.9 Å². The number of thiazole rings is 1. The van der Waals surface area contributed by atoms with Crippen molar-refractivity contribution in [2.24, 2.45) is 0 Å². The summed E-state index contributed by atoms with van der Waals surface area (Å²) < 4.78 is 0. The first kappa shape index (κ1) is 16.4. The minimum Gasteiger partial charge on any atom is -0.338 e. The van der Waals surface area contributed by atoms with Crippen LogP contribution < -0.4 is 16.0 Å². The number of hydrogen-bond acceptors (Lipinski definition) is 4. The molecule has 0 spiro atoms. The number of carbonyl (C=O) groups is 2. The van der Waals surface area contributed by atoms with Crippen LogP contribution in [0.2, 0.25) is 0 Å². The van der Waals surface area contributed by atoms with Gasteiger partial charge in [-0.05, 0) is 37.5 Å². The number of anilines is 1. The van der Waals surface area contributed by atoms with E-state index in [1.807, 2.05) is 31.2 Å². The van der Waals surface area contributed by atoms with Crippen LogP contribution >= 0.6 is 11.3 Å². The molecule has 126 valence electrons. The van der Waals surface area contributed by atoms with Gasteiger partial charge in [0.25, 0.3) is 5.91 Å². The molecule has 1 heterocycles. The van der Waals surface area contributed by atoms with Gasteiger partial charge in [0, 0.05) is 24.7 Å². The minimum atomic E-state index is -0.187. The van der Waals surface area contributed by atoms with Crippen LogP contribution in [0.25, 0.3) is 0 Å². The molecule has 2 aromatic rings. The van der Waals surface area contributed by atoms with Crippen molar-refractivity contribution in [1.82, 2.24) is 15.6 Å². The number of hydrogen-bond donors (Lipinski definition) is 3. The molecule has 0 saturated heterocycles. The van der Waals surface area contributed by atoms with E-state index < -0.39 is 0 Å². The van der Waals surface area contributed by atoms with Gasteiger partial charge in [-0.15, -0.1) is 11.3 Å². The van der Waals surface area contributed by atoms with E-state index in [2.05, 4.69) is 20.9 Å². The molecule has 0 atom stereocenters. The molecule has 1 aliphatic rings. The summed E-state index contributed by atoms with van der Waals surface area (Å²) in [7, 11) is 0. The largest absolute Gasteiger partial charge is 0.338 e. The summed E-state index contributed by atoms with van der Waals surface area (Å²) in [4.78, 5) is 28.8. The molecule has 3 rings (SSSR count). The van der Waals surface area contributed by atoms with E-state index in [4.69, 9.17) is 0 Å². The molecular weight excluding hydrogens is 324 g/mol. The van der Waals surface area contributed by atoms with Gasteiger partial charge in [-0.3, -0.25) is 4.79 Å². The zero-order valence-corrected chi connectivity index (χ0v) is 14.3. The van der Waals surface area contributed by atoms with Gasteiger partial charge in [0.15, 0.2) is 0 Å². The Morgan fingerprint density at radius 1 is 1.21 bits per heavy atom. The van der Waals surface area contributed by atoms with Crippen LogP contribution in [0.4, 0.5) is 10.5 Å². The lowest BCUT2D eigenvalue weighted by Gasteiger charge is -2.08. The SMILES string of the molecule is CCNC(=O)NCc1ccc(NC(=O)c2scnc2C2CC2)cc1. The second kappa shape index (κ2) is 7.44. The molecule has 3 amide bonds. The maximum atomic E-state index is 12.4. The molecule has 7 heteroatoms. The monoisotopic (exact) mass is 344 g/mol. The first-order chi connectivity index (χ1) is 11.7. The molecule has 0 aliphatic heterocycles. The molecule has 24 heavy (non-hydrogen) atoms. The molecule has 1 saturated carbocycles. The van der Waals surface area contributed by atoms with E-state index in [-0.39, 0.29) is 11.9 Å². The summed E-state index contributed by atoms with van der Waals surface area (Å²) in [5.41, 5.74) is 4.37. The third-order valence-electron chi connectivity index (χ3n) is 3.77. The van der Waals surface area contributed by atoms with Crippen LogP contribution in [-0.4, -0.2) is 23.5 Å². The van der Waals surface area contributed by atoms with Crippen molar-refractivity contribution in [3.63, 3.8) is 0 Å². The first-order valence-electron chi connectivity index (χ1n) is 8.02. The van der Waals surface area contributed by atoms with Crippen molar-refractivity contribution in [1.29, 1.82) is 0 Å². The van der Waals surface area contributed by atoms with Crippen LogP contribution in [0, 0.1) is 0 Å². The fourth-order valence-corrected chi connectivity index (χ4v) is 3.14. The first-order valence-corrected chi connectivity index (χ1v) is 8.90. The molecule has 1 aliphatic carbocycles. The van der Waals surface area contributed by atoms with Gasteiger partial charge in [0.05, 0.1) is 11.2 Å². The molecule has 0 radical (unpaired) electrons. The lowest BCUT2D eigenvalue weighted by atomic mass is 10.2. The van der Waals surface area contributed by atoms with E-state index in [0.717, 1.165) is 29.8 Å². The molecule has 1 aromatic heterocycles. The number of nitrogens with one attached hydrogen (secondary N) is 3. The Hall–Kier alpha value is -2.41. The quantitative estimate of drug-likeness (QED) is 0.753. The summed E-state index contributed by atoms with van der Waals surface area (Å²) in [6.45, 7) is 2.91. The Morgan fingerprint density at radius 3 is 2.62 bits per heavy atom. The molecule has 0 bridgehead atoms. The Morgan fingerprint density at radius 2 is 1.96 bits per heavy atom. The van der Waals surface area contributed by atoms with Gasteiger partial charge in [0.1, 0.15) is 4.88 Å². The summed E-state index contributed by atoms with van der Waals surface area (Å²) in [6.07, 6.45) is 2.24. The maximum Gasteiger partial charge on any atom is 0.315 e. The highest BCUT2D eigenvalue weighted by molar-refractivity contribution is 7.12. The molecule has 0 unspecified atom stereocenters. The predicted molar refractivity (Wildman–Crippen MR) is 94.4 cm³/mol. The van der Waals surface area contributed by atoms with Crippen LogP contribution in [-0.2, 0) is 6.54 Å². The Kier molecular flexibility index (Phi) is 5.10. The second-order valence-corrected chi connectivity index (χ2v) is 6.56. The average molecular weight is 344 g/mol. The highest BCUT2D eigenvalue weighted by Gasteiger charge is 2.30. The highest BCUT2D eigenvalue weighted by atomic mass is 32.1. The number of amides is 3. The van der Waals surface area contributed by atoms with E-state index in [9.17, 15) is 9.59 Å². The van der Waals surface area contributed by atoms with Crippen LogP contribution in [0.5, 0.6) is 0 Å². The van der Waals surface area contributed by atoms with E-state index in [1.54, 1.807) is 5.51 Å². The van der Waals surface area contributed by atoms with Crippen molar-refractivity contribution >= 4 is 29.0 Å². The highest BCUT2D eigenvalue weighted by Crippen LogP contribution is 2.41. The van der Waals surface area contributed by atoms with E-state index in [1.165, 1.54) is 11.3 Å². The van der Waals surface area contributed by atoms with Crippen molar-refractivity contribution in [3.05, 3.63) is 45.9 Å². The van der Waals surface area contributed by atoms with Gasteiger partial charge >= 0.3 is 6.03 Å². The molecule has 1 fully saturated rings. The number of aromatic nitrogens is 1. The third kappa shape index (κ3) is 4.11. The van der Waals surface area contributed by atoms with Crippen molar-refractivity contribution < 1.29 is 9.59 Å².